The molecule has 2 aromatic heterocycles. The lowest BCUT2D eigenvalue weighted by atomic mass is 10.2. The molecule has 0 bridgehead atoms. The fourth-order valence-electron chi connectivity index (χ4n) is 1.88. The van der Waals surface area contributed by atoms with Gasteiger partial charge in [0.25, 0.3) is 0 Å². The molecule has 0 aliphatic carbocycles. The molecule has 0 atom stereocenters. The second-order valence-corrected chi connectivity index (χ2v) is 4.89. The Hall–Kier alpha value is -3.90. The number of aromatic nitrogens is 4. The molecule has 3 rings (SSSR count). The Balaban J connectivity index is 0.00000145. The summed E-state index contributed by atoms with van der Waals surface area (Å²) in [7, 11) is 0. The van der Waals surface area contributed by atoms with Crippen molar-refractivity contribution in [1.82, 2.24) is 20.1 Å². The second-order valence-electron chi connectivity index (χ2n) is 4.89. The Labute approximate surface area is 162 Å². The average molecular weight is 411 g/mol. The number of halogens is 3. The molecule has 10 nitrogen and oxygen atoms in total. The molecule has 0 aliphatic rings. The van der Waals surface area contributed by atoms with Crippen LogP contribution in [0.15, 0.2) is 46.3 Å². The smallest absolute Gasteiger partial charge is 0.409 e. The average Bonchev–Trinajstić information content (AvgIpc) is 3.17. The van der Waals surface area contributed by atoms with E-state index in [1.54, 1.807) is 0 Å². The van der Waals surface area contributed by atoms with E-state index in [0.29, 0.717) is 5.56 Å². The third kappa shape index (κ3) is 6.05. The number of amidine groups is 1. The SMILES string of the molecule is CC.N/C(=N\O)c1cnc(Nc2nc(-c3ccc(OC(F)(F)F)cc3)no2)cn1. The molecule has 0 saturated heterocycles. The van der Waals surface area contributed by atoms with Crippen LogP contribution in [0.5, 0.6) is 5.75 Å². The third-order valence-corrected chi connectivity index (χ3v) is 3.03. The van der Waals surface area contributed by atoms with Gasteiger partial charge in [0.05, 0.1) is 12.4 Å². The molecule has 0 aliphatic heterocycles. The van der Waals surface area contributed by atoms with E-state index in [9.17, 15) is 13.2 Å². The number of benzene rings is 1. The zero-order valence-corrected chi connectivity index (χ0v) is 15.2. The van der Waals surface area contributed by atoms with Gasteiger partial charge in [-0.2, -0.15) is 4.98 Å². The van der Waals surface area contributed by atoms with Crippen molar-refractivity contribution in [3.63, 3.8) is 0 Å². The maximum atomic E-state index is 12.2. The Bertz CT molecular complexity index is 942. The molecule has 29 heavy (non-hydrogen) atoms. The van der Waals surface area contributed by atoms with Gasteiger partial charge in [-0.25, -0.2) is 9.97 Å². The lowest BCUT2D eigenvalue weighted by molar-refractivity contribution is -0.274. The number of hydrogen-bond donors (Lipinski definition) is 3. The lowest BCUT2D eigenvalue weighted by Gasteiger charge is -2.08. The van der Waals surface area contributed by atoms with Crippen molar-refractivity contribution in [1.29, 1.82) is 0 Å². The normalized spacial score (nSPS) is 11.4. The standard InChI is InChI=1S/C14H10F3N7O3.C2H6/c15-14(16,17)26-8-3-1-7(2-4-8)12-22-13(27-24-12)21-10-6-19-9(5-20-10)11(18)23-25;1-2/h1-6,25H,(H2,18,23)(H,20,21,22,24);1-2H3. The summed E-state index contributed by atoms with van der Waals surface area (Å²) < 4.78 is 45.3. The van der Waals surface area contributed by atoms with Gasteiger partial charge in [-0.05, 0) is 24.3 Å². The molecule has 4 N–H and O–H groups in total. The zero-order valence-electron chi connectivity index (χ0n) is 15.2. The number of rotatable bonds is 5. The molecule has 154 valence electrons. The number of alkyl halides is 3. The van der Waals surface area contributed by atoms with Crippen molar-refractivity contribution in [3.8, 4) is 17.1 Å². The van der Waals surface area contributed by atoms with Crippen molar-refractivity contribution < 1.29 is 27.6 Å². The molecule has 0 fully saturated rings. The second kappa shape index (κ2) is 9.34. The largest absolute Gasteiger partial charge is 0.573 e. The van der Waals surface area contributed by atoms with Crippen molar-refractivity contribution in [3.05, 3.63) is 42.4 Å². The molecule has 0 spiro atoms. The van der Waals surface area contributed by atoms with E-state index in [1.165, 1.54) is 24.5 Å². The molecule has 1 aromatic carbocycles. The number of nitrogens with one attached hydrogen (secondary N) is 1. The summed E-state index contributed by atoms with van der Waals surface area (Å²) in [6.07, 6.45) is -2.22. The first-order valence-electron chi connectivity index (χ1n) is 8.11. The number of anilines is 2. The van der Waals surface area contributed by atoms with Crippen LogP contribution in [-0.2, 0) is 0 Å². The van der Waals surface area contributed by atoms with Gasteiger partial charge in [0.1, 0.15) is 11.4 Å². The molecule has 0 saturated carbocycles. The highest BCUT2D eigenvalue weighted by Crippen LogP contribution is 2.26. The van der Waals surface area contributed by atoms with Gasteiger partial charge < -0.3 is 20.2 Å². The van der Waals surface area contributed by atoms with E-state index in [0.717, 1.165) is 12.1 Å². The van der Waals surface area contributed by atoms with Crippen LogP contribution in [0.1, 0.15) is 19.5 Å². The minimum Gasteiger partial charge on any atom is -0.409 e. The molecule has 2 heterocycles. The quantitative estimate of drug-likeness (QED) is 0.249. The lowest BCUT2D eigenvalue weighted by Crippen LogP contribution is -2.16. The predicted molar refractivity (Wildman–Crippen MR) is 95.6 cm³/mol. The number of hydrogen-bond acceptors (Lipinski definition) is 9. The highest BCUT2D eigenvalue weighted by molar-refractivity contribution is 5.94. The molecular formula is C16H16F3N7O3. The first-order valence-corrected chi connectivity index (χ1v) is 8.11. The molecule has 0 unspecified atom stereocenters. The van der Waals surface area contributed by atoms with E-state index in [2.05, 4.69) is 35.3 Å². The van der Waals surface area contributed by atoms with Crippen LogP contribution in [0.2, 0.25) is 0 Å². The summed E-state index contributed by atoms with van der Waals surface area (Å²) in [6.45, 7) is 4.00. The predicted octanol–water partition coefficient (Wildman–Crippen LogP) is 3.29. The van der Waals surface area contributed by atoms with Gasteiger partial charge in [-0.3, -0.25) is 5.32 Å². The Morgan fingerprint density at radius 1 is 1.17 bits per heavy atom. The first kappa shape index (κ1) is 21.4. The van der Waals surface area contributed by atoms with E-state index >= 15 is 0 Å². The fraction of sp³-hybridized carbons (Fsp3) is 0.188. The zero-order chi connectivity index (χ0) is 21.4. The van der Waals surface area contributed by atoms with E-state index in [1.807, 2.05) is 13.8 Å². The molecule has 0 radical (unpaired) electrons. The number of nitrogens with two attached hydrogens (primary N) is 1. The Kier molecular flexibility index (Phi) is 6.89. The molecule has 0 amide bonds. The molecule has 13 heteroatoms. The van der Waals surface area contributed by atoms with Gasteiger partial charge >= 0.3 is 12.4 Å². The third-order valence-electron chi connectivity index (χ3n) is 3.03. The van der Waals surface area contributed by atoms with Crippen LogP contribution in [0, 0.1) is 0 Å². The van der Waals surface area contributed by atoms with Crippen LogP contribution < -0.4 is 15.8 Å². The van der Waals surface area contributed by atoms with E-state index in [-0.39, 0.29) is 34.9 Å². The van der Waals surface area contributed by atoms with Crippen molar-refractivity contribution in [2.45, 2.75) is 20.2 Å². The van der Waals surface area contributed by atoms with Crippen molar-refractivity contribution in [2.75, 3.05) is 5.32 Å². The maximum Gasteiger partial charge on any atom is 0.573 e. The summed E-state index contributed by atoms with van der Waals surface area (Å²) in [4.78, 5) is 11.9. The summed E-state index contributed by atoms with van der Waals surface area (Å²) in [5.74, 6) is -0.188. The Morgan fingerprint density at radius 2 is 1.86 bits per heavy atom. The molecular weight excluding hydrogens is 395 g/mol. The van der Waals surface area contributed by atoms with Crippen LogP contribution in [0.3, 0.4) is 0 Å². The highest BCUT2D eigenvalue weighted by Gasteiger charge is 2.31. The van der Waals surface area contributed by atoms with Crippen LogP contribution in [0.4, 0.5) is 25.0 Å². The molecule has 3 aromatic rings. The van der Waals surface area contributed by atoms with Crippen molar-refractivity contribution in [2.24, 2.45) is 10.9 Å². The highest BCUT2D eigenvalue weighted by atomic mass is 19.4. The van der Waals surface area contributed by atoms with Crippen LogP contribution >= 0.6 is 0 Å². The fourth-order valence-corrected chi connectivity index (χ4v) is 1.88. The van der Waals surface area contributed by atoms with Crippen LogP contribution in [0.25, 0.3) is 11.4 Å². The summed E-state index contributed by atoms with van der Waals surface area (Å²) in [5.41, 5.74) is 5.95. The minimum absolute atomic E-state index is 0.0218. The minimum atomic E-state index is -4.77. The number of oxime groups is 1. The van der Waals surface area contributed by atoms with Gasteiger partial charge in [-0.1, -0.05) is 24.2 Å². The van der Waals surface area contributed by atoms with Crippen molar-refractivity contribution >= 4 is 17.7 Å². The van der Waals surface area contributed by atoms with Gasteiger partial charge in [0.15, 0.2) is 11.7 Å². The monoisotopic (exact) mass is 411 g/mol. The van der Waals surface area contributed by atoms with E-state index in [4.69, 9.17) is 15.5 Å². The van der Waals surface area contributed by atoms with Gasteiger partial charge in [-0.15, -0.1) is 13.2 Å². The van der Waals surface area contributed by atoms with E-state index < -0.39 is 6.36 Å². The summed E-state index contributed by atoms with van der Waals surface area (Å²) >= 11 is 0. The van der Waals surface area contributed by atoms with Gasteiger partial charge in [0.2, 0.25) is 5.82 Å². The maximum absolute atomic E-state index is 12.2. The Morgan fingerprint density at radius 3 is 2.41 bits per heavy atom. The van der Waals surface area contributed by atoms with Gasteiger partial charge in [0, 0.05) is 5.56 Å². The first-order chi connectivity index (χ1) is 13.8. The number of nitrogens with zero attached hydrogens (tertiary/aromatic N) is 5. The summed E-state index contributed by atoms with van der Waals surface area (Å²) in [5, 5.41) is 17.8. The number of ether oxygens (including phenoxy) is 1. The van der Waals surface area contributed by atoms with Crippen LogP contribution in [-0.4, -0.2) is 37.5 Å². The summed E-state index contributed by atoms with van der Waals surface area (Å²) in [6, 6.07) is 4.93. The topological polar surface area (TPSA) is 145 Å².